The molecule has 0 bridgehead atoms. The highest BCUT2D eigenvalue weighted by Gasteiger charge is 2.23. The molecule has 0 atom stereocenters. The number of sulfonamides is 1. The number of halogens is 1. The molecule has 112 valence electrons. The van der Waals surface area contributed by atoms with Gasteiger partial charge in [-0.25, -0.2) is 13.4 Å². The third-order valence-electron chi connectivity index (χ3n) is 3.23. The van der Waals surface area contributed by atoms with Gasteiger partial charge in [0, 0.05) is 11.9 Å². The Balaban J connectivity index is 2.56. The maximum atomic E-state index is 12.6. The molecular formula is C14H16ClN3O2S. The van der Waals surface area contributed by atoms with E-state index in [4.69, 9.17) is 17.3 Å². The highest BCUT2D eigenvalue weighted by molar-refractivity contribution is 7.92. The summed E-state index contributed by atoms with van der Waals surface area (Å²) in [6.07, 6.45) is 1.49. The van der Waals surface area contributed by atoms with Crippen molar-refractivity contribution in [3.05, 3.63) is 46.2 Å². The molecule has 0 saturated carbocycles. The van der Waals surface area contributed by atoms with Gasteiger partial charge in [-0.05, 0) is 49.6 Å². The fourth-order valence-corrected chi connectivity index (χ4v) is 4.03. The number of anilines is 2. The Morgan fingerprint density at radius 3 is 2.52 bits per heavy atom. The maximum absolute atomic E-state index is 12.6. The SMILES string of the molecule is Cc1cc(C)c(S(=O)(=O)Nc2cccnc2Cl)c(C)c1N. The Morgan fingerprint density at radius 2 is 1.90 bits per heavy atom. The zero-order valence-electron chi connectivity index (χ0n) is 11.9. The van der Waals surface area contributed by atoms with Crippen LogP contribution in [0.25, 0.3) is 0 Å². The maximum Gasteiger partial charge on any atom is 0.262 e. The van der Waals surface area contributed by atoms with Crippen LogP contribution in [-0.2, 0) is 10.0 Å². The van der Waals surface area contributed by atoms with E-state index >= 15 is 0 Å². The van der Waals surface area contributed by atoms with Crippen LogP contribution < -0.4 is 10.5 Å². The molecule has 1 aromatic carbocycles. The largest absolute Gasteiger partial charge is 0.398 e. The predicted molar refractivity (Wildman–Crippen MR) is 85.1 cm³/mol. The van der Waals surface area contributed by atoms with Crippen molar-refractivity contribution in [2.75, 3.05) is 10.5 Å². The van der Waals surface area contributed by atoms with E-state index in [2.05, 4.69) is 9.71 Å². The summed E-state index contributed by atoms with van der Waals surface area (Å²) in [7, 11) is -3.79. The smallest absolute Gasteiger partial charge is 0.262 e. The normalized spacial score (nSPS) is 11.4. The fraction of sp³-hybridized carbons (Fsp3) is 0.214. The first-order valence-electron chi connectivity index (χ1n) is 6.23. The quantitative estimate of drug-likeness (QED) is 0.671. The van der Waals surface area contributed by atoms with E-state index in [9.17, 15) is 8.42 Å². The van der Waals surface area contributed by atoms with E-state index in [1.165, 1.54) is 6.20 Å². The van der Waals surface area contributed by atoms with Gasteiger partial charge in [0.1, 0.15) is 0 Å². The van der Waals surface area contributed by atoms with Crippen LogP contribution >= 0.6 is 11.6 Å². The Morgan fingerprint density at radius 1 is 1.24 bits per heavy atom. The minimum Gasteiger partial charge on any atom is -0.398 e. The van der Waals surface area contributed by atoms with Crippen LogP contribution in [0.3, 0.4) is 0 Å². The van der Waals surface area contributed by atoms with Crippen molar-refractivity contribution in [3.8, 4) is 0 Å². The predicted octanol–water partition coefficient (Wildman–Crippen LogP) is 3.04. The average Bonchev–Trinajstić information content (AvgIpc) is 2.38. The summed E-state index contributed by atoms with van der Waals surface area (Å²) in [6.45, 7) is 5.27. The van der Waals surface area contributed by atoms with Crippen LogP contribution in [0.15, 0.2) is 29.3 Å². The lowest BCUT2D eigenvalue weighted by Crippen LogP contribution is -2.17. The molecule has 3 N–H and O–H groups in total. The number of nitrogens with zero attached hydrogens (tertiary/aromatic N) is 1. The van der Waals surface area contributed by atoms with Crippen molar-refractivity contribution in [2.24, 2.45) is 0 Å². The minimum atomic E-state index is -3.79. The molecule has 7 heteroatoms. The van der Waals surface area contributed by atoms with Crippen molar-refractivity contribution < 1.29 is 8.42 Å². The minimum absolute atomic E-state index is 0.0939. The number of nitrogen functional groups attached to an aromatic ring is 1. The van der Waals surface area contributed by atoms with Crippen LogP contribution in [0.5, 0.6) is 0 Å². The molecule has 0 fully saturated rings. The number of hydrogen-bond donors (Lipinski definition) is 2. The summed E-state index contributed by atoms with van der Waals surface area (Å²) in [5.41, 5.74) is 8.65. The van der Waals surface area contributed by atoms with Gasteiger partial charge in [-0.15, -0.1) is 0 Å². The van der Waals surface area contributed by atoms with Crippen molar-refractivity contribution in [1.29, 1.82) is 0 Å². The number of nitrogens with two attached hydrogens (primary N) is 1. The van der Waals surface area contributed by atoms with Gasteiger partial charge in [0.2, 0.25) is 0 Å². The molecule has 1 heterocycles. The zero-order valence-corrected chi connectivity index (χ0v) is 13.5. The summed E-state index contributed by atoms with van der Waals surface area (Å²) in [6, 6.07) is 4.91. The van der Waals surface area contributed by atoms with E-state index in [-0.39, 0.29) is 15.7 Å². The molecule has 0 saturated heterocycles. The molecule has 0 aliphatic rings. The standard InChI is InChI=1S/C14H16ClN3O2S/c1-8-7-9(2)13(10(3)12(8)16)21(19,20)18-11-5-4-6-17-14(11)15/h4-7,18H,16H2,1-3H3. The molecular weight excluding hydrogens is 310 g/mol. The number of hydrogen-bond acceptors (Lipinski definition) is 4. The van der Waals surface area contributed by atoms with Crippen molar-refractivity contribution >= 4 is 33.0 Å². The molecule has 0 radical (unpaired) electrons. The van der Waals surface area contributed by atoms with Gasteiger partial charge in [-0.2, -0.15) is 0 Å². The lowest BCUT2D eigenvalue weighted by atomic mass is 10.1. The Kier molecular flexibility index (Phi) is 4.11. The summed E-state index contributed by atoms with van der Waals surface area (Å²) in [5.74, 6) is 0. The average molecular weight is 326 g/mol. The van der Waals surface area contributed by atoms with E-state index in [0.29, 0.717) is 16.8 Å². The monoisotopic (exact) mass is 325 g/mol. The lowest BCUT2D eigenvalue weighted by Gasteiger charge is -2.16. The molecule has 1 aromatic heterocycles. The molecule has 0 amide bonds. The number of aryl methyl sites for hydroxylation is 2. The van der Waals surface area contributed by atoms with E-state index in [1.807, 2.05) is 6.92 Å². The van der Waals surface area contributed by atoms with Gasteiger partial charge in [-0.1, -0.05) is 17.7 Å². The molecule has 2 rings (SSSR count). The Bertz CT molecular complexity index is 804. The highest BCUT2D eigenvalue weighted by Crippen LogP contribution is 2.30. The second-order valence-corrected chi connectivity index (χ2v) is 6.80. The first kappa shape index (κ1) is 15.6. The van der Waals surface area contributed by atoms with Crippen molar-refractivity contribution in [2.45, 2.75) is 25.7 Å². The van der Waals surface area contributed by atoms with Gasteiger partial charge in [-0.3, -0.25) is 4.72 Å². The van der Waals surface area contributed by atoms with E-state index < -0.39 is 10.0 Å². The third kappa shape index (κ3) is 2.96. The van der Waals surface area contributed by atoms with E-state index in [0.717, 1.165) is 5.56 Å². The Hall–Kier alpha value is -1.79. The van der Waals surface area contributed by atoms with Crippen LogP contribution in [-0.4, -0.2) is 13.4 Å². The second kappa shape index (κ2) is 5.54. The van der Waals surface area contributed by atoms with Crippen LogP contribution in [0.2, 0.25) is 5.15 Å². The number of aromatic nitrogens is 1. The molecule has 0 aliphatic carbocycles. The number of rotatable bonds is 3. The first-order chi connectivity index (χ1) is 9.74. The van der Waals surface area contributed by atoms with Crippen molar-refractivity contribution in [1.82, 2.24) is 4.98 Å². The number of pyridine rings is 1. The molecule has 0 spiro atoms. The fourth-order valence-electron chi connectivity index (χ4n) is 2.25. The van der Waals surface area contributed by atoms with Crippen LogP contribution in [0.4, 0.5) is 11.4 Å². The second-order valence-electron chi connectivity index (χ2n) is 4.83. The van der Waals surface area contributed by atoms with Crippen molar-refractivity contribution in [3.63, 3.8) is 0 Å². The lowest BCUT2D eigenvalue weighted by molar-refractivity contribution is 0.600. The van der Waals surface area contributed by atoms with Gasteiger partial charge in [0.05, 0.1) is 10.6 Å². The molecule has 5 nitrogen and oxygen atoms in total. The molecule has 21 heavy (non-hydrogen) atoms. The zero-order chi connectivity index (χ0) is 15.8. The molecule has 0 aliphatic heterocycles. The summed E-state index contributed by atoms with van der Waals surface area (Å²) in [5, 5.41) is 0.0939. The molecule has 2 aromatic rings. The van der Waals surface area contributed by atoms with Gasteiger partial charge >= 0.3 is 0 Å². The summed E-state index contributed by atoms with van der Waals surface area (Å²) >= 11 is 5.89. The number of benzene rings is 1. The highest BCUT2D eigenvalue weighted by atomic mass is 35.5. The first-order valence-corrected chi connectivity index (χ1v) is 8.09. The molecule has 0 unspecified atom stereocenters. The van der Waals surface area contributed by atoms with Crippen LogP contribution in [0.1, 0.15) is 16.7 Å². The number of nitrogens with one attached hydrogen (secondary N) is 1. The topological polar surface area (TPSA) is 85.1 Å². The van der Waals surface area contributed by atoms with E-state index in [1.54, 1.807) is 32.0 Å². The van der Waals surface area contributed by atoms with Gasteiger partial charge in [0.15, 0.2) is 5.15 Å². The third-order valence-corrected chi connectivity index (χ3v) is 5.19. The van der Waals surface area contributed by atoms with Crippen LogP contribution in [0, 0.1) is 20.8 Å². The van der Waals surface area contributed by atoms with Gasteiger partial charge < -0.3 is 5.73 Å². The summed E-state index contributed by atoms with van der Waals surface area (Å²) in [4.78, 5) is 4.02. The van der Waals surface area contributed by atoms with Gasteiger partial charge in [0.25, 0.3) is 10.0 Å². The summed E-state index contributed by atoms with van der Waals surface area (Å²) < 4.78 is 27.7. The Labute approximate surface area is 129 Å².